The zero-order chi connectivity index (χ0) is 24.7. The monoisotopic (exact) mass is 492 g/mol. The number of ether oxygens (including phenoxy) is 1. The quantitative estimate of drug-likeness (QED) is 0.239. The predicted octanol–water partition coefficient (Wildman–Crippen LogP) is 7.81. The Morgan fingerprint density at radius 1 is 0.889 bits per heavy atom. The lowest BCUT2D eigenvalue weighted by atomic mass is 10.1. The van der Waals surface area contributed by atoms with Crippen LogP contribution in [-0.4, -0.2) is 17.5 Å². The summed E-state index contributed by atoms with van der Waals surface area (Å²) in [5.74, 6) is 1.57. The minimum atomic E-state index is -0.229. The van der Waals surface area contributed by atoms with Crippen molar-refractivity contribution in [2.24, 2.45) is 0 Å². The predicted molar refractivity (Wildman–Crippen MR) is 144 cm³/mol. The lowest BCUT2D eigenvalue weighted by Crippen LogP contribution is -2.13. The molecule has 0 aliphatic rings. The number of amides is 1. The molecule has 0 radical (unpaired) electrons. The van der Waals surface area contributed by atoms with Gasteiger partial charge in [0.15, 0.2) is 5.76 Å². The third-order valence-electron chi connectivity index (χ3n) is 5.46. The van der Waals surface area contributed by atoms with Gasteiger partial charge >= 0.3 is 0 Å². The van der Waals surface area contributed by atoms with Crippen LogP contribution in [-0.2, 0) is 0 Å². The molecule has 0 spiro atoms. The number of nitrogens with zero attached hydrogens (tertiary/aromatic N) is 1. The Hall–Kier alpha value is -4.29. The van der Waals surface area contributed by atoms with Crippen LogP contribution in [0.1, 0.15) is 17.3 Å². The summed E-state index contributed by atoms with van der Waals surface area (Å²) in [6.45, 7) is 2.56. The van der Waals surface area contributed by atoms with Gasteiger partial charge < -0.3 is 14.5 Å². The van der Waals surface area contributed by atoms with Gasteiger partial charge in [-0.1, -0.05) is 54.2 Å². The van der Waals surface area contributed by atoms with Crippen molar-refractivity contribution in [2.45, 2.75) is 16.7 Å². The van der Waals surface area contributed by atoms with Gasteiger partial charge in [0.05, 0.1) is 24.1 Å². The second kappa shape index (κ2) is 11.0. The van der Waals surface area contributed by atoms with Crippen molar-refractivity contribution in [1.82, 2.24) is 4.98 Å². The van der Waals surface area contributed by atoms with Crippen molar-refractivity contribution in [3.8, 4) is 28.5 Å². The molecule has 0 unspecified atom stereocenters. The van der Waals surface area contributed by atoms with Crippen LogP contribution in [0.3, 0.4) is 0 Å². The van der Waals surface area contributed by atoms with Crippen molar-refractivity contribution >= 4 is 23.4 Å². The number of anilines is 1. The molecule has 0 atom stereocenters. The Balaban J connectivity index is 1.39. The average molecular weight is 493 g/mol. The van der Waals surface area contributed by atoms with Gasteiger partial charge in [0.2, 0.25) is 5.89 Å². The third kappa shape index (κ3) is 5.34. The minimum absolute atomic E-state index is 0.229. The molecule has 0 saturated carbocycles. The molecule has 1 amide bonds. The Kier molecular flexibility index (Phi) is 7.15. The first-order valence-corrected chi connectivity index (χ1v) is 12.4. The molecule has 0 aliphatic heterocycles. The molecule has 5 rings (SSSR count). The molecule has 0 fully saturated rings. The number of carbonyl (C=O) groups excluding carboxylic acids is 1. The van der Waals surface area contributed by atoms with E-state index in [0.717, 1.165) is 26.8 Å². The second-order valence-corrected chi connectivity index (χ2v) is 9.01. The van der Waals surface area contributed by atoms with Crippen LogP contribution >= 0.6 is 11.8 Å². The molecular weight excluding hydrogens is 468 g/mol. The van der Waals surface area contributed by atoms with E-state index in [-0.39, 0.29) is 5.91 Å². The van der Waals surface area contributed by atoms with E-state index in [9.17, 15) is 4.79 Å². The van der Waals surface area contributed by atoms with Crippen molar-refractivity contribution in [3.05, 3.63) is 115 Å². The fourth-order valence-electron chi connectivity index (χ4n) is 3.75. The molecule has 0 saturated heterocycles. The maximum atomic E-state index is 13.4. The van der Waals surface area contributed by atoms with Gasteiger partial charge in [-0.15, -0.1) is 0 Å². The number of hydrogen-bond donors (Lipinski definition) is 1. The van der Waals surface area contributed by atoms with Crippen molar-refractivity contribution in [3.63, 3.8) is 0 Å². The normalized spacial score (nSPS) is 10.7. The first-order valence-electron chi connectivity index (χ1n) is 11.6. The molecular formula is C30H24N2O3S. The van der Waals surface area contributed by atoms with Crippen LogP contribution in [0.25, 0.3) is 22.8 Å². The zero-order valence-electron chi connectivity index (χ0n) is 19.7. The van der Waals surface area contributed by atoms with E-state index in [0.29, 0.717) is 29.4 Å². The van der Waals surface area contributed by atoms with Crippen LogP contribution in [0.4, 0.5) is 5.69 Å². The van der Waals surface area contributed by atoms with E-state index in [1.165, 1.54) is 0 Å². The van der Waals surface area contributed by atoms with Crippen molar-refractivity contribution < 1.29 is 13.9 Å². The average Bonchev–Trinajstić information content (AvgIpc) is 3.41. The highest BCUT2D eigenvalue weighted by atomic mass is 32.2. The van der Waals surface area contributed by atoms with E-state index in [1.807, 2.05) is 104 Å². The summed E-state index contributed by atoms with van der Waals surface area (Å²) >= 11 is 1.60. The van der Waals surface area contributed by atoms with Gasteiger partial charge in [-0.05, 0) is 67.6 Å². The van der Waals surface area contributed by atoms with E-state index in [2.05, 4.69) is 10.3 Å². The third-order valence-corrected chi connectivity index (χ3v) is 6.55. The van der Waals surface area contributed by atoms with Crippen LogP contribution in [0.15, 0.2) is 124 Å². The van der Waals surface area contributed by atoms with E-state index < -0.39 is 0 Å². The molecule has 4 aromatic carbocycles. The molecule has 5 nitrogen and oxygen atoms in total. The van der Waals surface area contributed by atoms with Crippen LogP contribution in [0.2, 0.25) is 0 Å². The number of oxazole rings is 1. The highest BCUT2D eigenvalue weighted by Gasteiger charge is 2.18. The summed E-state index contributed by atoms with van der Waals surface area (Å²) in [7, 11) is 0. The van der Waals surface area contributed by atoms with E-state index in [1.54, 1.807) is 24.0 Å². The number of rotatable bonds is 8. The standard InChI is InChI=1S/C30H24N2O3S/c1-2-34-22-18-16-21(17-19-22)27-20-31-30(35-27)25-13-7-6-12-24(25)29(33)32-26-14-8-9-15-28(26)36-23-10-4-3-5-11-23/h3-20H,2H2,1H3,(H,32,33). The Morgan fingerprint density at radius 3 is 2.42 bits per heavy atom. The fourth-order valence-corrected chi connectivity index (χ4v) is 4.67. The second-order valence-electron chi connectivity index (χ2n) is 7.90. The SMILES string of the molecule is CCOc1ccc(-c2cnc(-c3ccccc3C(=O)Nc3ccccc3Sc3ccccc3)o2)cc1. The minimum Gasteiger partial charge on any atom is -0.494 e. The summed E-state index contributed by atoms with van der Waals surface area (Å²) in [5.41, 5.74) is 2.73. The molecule has 36 heavy (non-hydrogen) atoms. The van der Waals surface area contributed by atoms with E-state index in [4.69, 9.17) is 9.15 Å². The van der Waals surface area contributed by atoms with Crippen LogP contribution in [0.5, 0.6) is 5.75 Å². The highest BCUT2D eigenvalue weighted by molar-refractivity contribution is 7.99. The van der Waals surface area contributed by atoms with Crippen LogP contribution in [0, 0.1) is 0 Å². The molecule has 0 aliphatic carbocycles. The largest absolute Gasteiger partial charge is 0.494 e. The lowest BCUT2D eigenvalue weighted by Gasteiger charge is -2.12. The lowest BCUT2D eigenvalue weighted by molar-refractivity contribution is 0.102. The van der Waals surface area contributed by atoms with Gasteiger partial charge in [0.25, 0.3) is 5.91 Å². The first kappa shape index (κ1) is 23.5. The molecule has 1 N–H and O–H groups in total. The summed E-state index contributed by atoms with van der Waals surface area (Å²) < 4.78 is 11.6. The molecule has 1 aromatic heterocycles. The summed E-state index contributed by atoms with van der Waals surface area (Å²) in [6, 6.07) is 32.8. The number of aromatic nitrogens is 1. The number of benzene rings is 4. The Morgan fingerprint density at radius 2 is 1.61 bits per heavy atom. The van der Waals surface area contributed by atoms with Gasteiger partial charge in [-0.25, -0.2) is 4.98 Å². The van der Waals surface area contributed by atoms with Gasteiger partial charge in [-0.3, -0.25) is 4.79 Å². The number of para-hydroxylation sites is 1. The van der Waals surface area contributed by atoms with Crippen molar-refractivity contribution in [1.29, 1.82) is 0 Å². The summed E-state index contributed by atoms with van der Waals surface area (Å²) in [5, 5.41) is 3.07. The molecule has 178 valence electrons. The van der Waals surface area contributed by atoms with Gasteiger partial charge in [0.1, 0.15) is 5.75 Å². The van der Waals surface area contributed by atoms with Crippen LogP contribution < -0.4 is 10.1 Å². The van der Waals surface area contributed by atoms with Gasteiger partial charge in [-0.2, -0.15) is 0 Å². The molecule has 6 heteroatoms. The number of hydrogen-bond acceptors (Lipinski definition) is 5. The first-order chi connectivity index (χ1) is 17.7. The number of nitrogens with one attached hydrogen (secondary N) is 1. The number of carbonyl (C=O) groups is 1. The smallest absolute Gasteiger partial charge is 0.256 e. The van der Waals surface area contributed by atoms with Crippen molar-refractivity contribution in [2.75, 3.05) is 11.9 Å². The Labute approximate surface area is 214 Å². The molecule has 5 aromatic rings. The summed E-state index contributed by atoms with van der Waals surface area (Å²) in [4.78, 5) is 19.9. The molecule has 0 bridgehead atoms. The molecule has 1 heterocycles. The zero-order valence-corrected chi connectivity index (χ0v) is 20.5. The Bertz CT molecular complexity index is 1460. The highest BCUT2D eigenvalue weighted by Crippen LogP contribution is 2.34. The summed E-state index contributed by atoms with van der Waals surface area (Å²) in [6.07, 6.45) is 1.67. The maximum Gasteiger partial charge on any atom is 0.256 e. The topological polar surface area (TPSA) is 64.4 Å². The fraction of sp³-hybridized carbons (Fsp3) is 0.0667. The van der Waals surface area contributed by atoms with E-state index >= 15 is 0 Å². The van der Waals surface area contributed by atoms with Gasteiger partial charge in [0, 0.05) is 20.9 Å². The maximum absolute atomic E-state index is 13.4.